The number of pyridine rings is 1. The molecule has 0 saturated heterocycles. The van der Waals surface area contributed by atoms with Crippen LogP contribution >= 0.6 is 0 Å². The van der Waals surface area contributed by atoms with Gasteiger partial charge in [0.1, 0.15) is 5.69 Å². The predicted molar refractivity (Wildman–Crippen MR) is 51.7 cm³/mol. The van der Waals surface area contributed by atoms with Crippen LogP contribution in [0.15, 0.2) is 12.1 Å². The average molecular weight is 209 g/mol. The van der Waals surface area contributed by atoms with Gasteiger partial charge in [0.2, 0.25) is 0 Å². The number of aryl methyl sites for hydroxylation is 1. The van der Waals surface area contributed by atoms with Gasteiger partial charge in [-0.15, -0.1) is 0 Å². The lowest BCUT2D eigenvalue weighted by Crippen LogP contribution is -2.10. The zero-order chi connectivity index (χ0) is 11.4. The van der Waals surface area contributed by atoms with E-state index in [4.69, 9.17) is 0 Å². The molecule has 0 spiro atoms. The van der Waals surface area contributed by atoms with E-state index in [1.165, 1.54) is 26.4 Å². The maximum atomic E-state index is 11.2. The molecule has 0 aromatic carbocycles. The molecule has 5 heteroatoms. The third-order valence-electron chi connectivity index (χ3n) is 1.89. The van der Waals surface area contributed by atoms with Gasteiger partial charge in [0, 0.05) is 0 Å². The Balaban J connectivity index is 3.08. The second kappa shape index (κ2) is 4.54. The molecule has 0 saturated carbocycles. The number of rotatable bonds is 2. The lowest BCUT2D eigenvalue weighted by Gasteiger charge is -2.04. The summed E-state index contributed by atoms with van der Waals surface area (Å²) in [7, 11) is 2.56. The molecule has 0 atom stereocenters. The Kier molecular flexibility index (Phi) is 3.38. The van der Waals surface area contributed by atoms with E-state index in [9.17, 15) is 9.59 Å². The molecule has 0 unspecified atom stereocenters. The van der Waals surface area contributed by atoms with Crippen molar-refractivity contribution in [2.24, 2.45) is 0 Å². The van der Waals surface area contributed by atoms with Crippen LogP contribution < -0.4 is 0 Å². The first kappa shape index (κ1) is 11.2. The number of hydrogen-bond acceptors (Lipinski definition) is 5. The highest BCUT2D eigenvalue weighted by atomic mass is 16.5. The quantitative estimate of drug-likeness (QED) is 0.679. The lowest BCUT2D eigenvalue weighted by atomic mass is 10.2. The van der Waals surface area contributed by atoms with Gasteiger partial charge in [-0.2, -0.15) is 0 Å². The third kappa shape index (κ3) is 2.31. The molecule has 80 valence electrons. The van der Waals surface area contributed by atoms with E-state index in [1.54, 1.807) is 6.92 Å². The fraction of sp³-hybridized carbons (Fsp3) is 0.300. The summed E-state index contributed by atoms with van der Waals surface area (Å²) >= 11 is 0. The standard InChI is InChI=1S/C10H11NO4/c1-6-7(9(12)14-2)4-5-8(11-6)10(13)15-3/h4-5H,1-3H3. The fourth-order valence-corrected chi connectivity index (χ4v) is 1.10. The molecular formula is C10H11NO4. The maximum absolute atomic E-state index is 11.2. The Bertz CT molecular complexity index is 400. The molecule has 0 aliphatic heterocycles. The van der Waals surface area contributed by atoms with Gasteiger partial charge in [0.05, 0.1) is 25.5 Å². The second-order valence-corrected chi connectivity index (χ2v) is 2.81. The summed E-state index contributed by atoms with van der Waals surface area (Å²) in [5, 5.41) is 0. The van der Waals surface area contributed by atoms with Crippen molar-refractivity contribution in [1.29, 1.82) is 0 Å². The topological polar surface area (TPSA) is 65.5 Å². The Hall–Kier alpha value is -1.91. The third-order valence-corrected chi connectivity index (χ3v) is 1.89. The molecule has 1 aromatic rings. The smallest absolute Gasteiger partial charge is 0.356 e. The van der Waals surface area contributed by atoms with Crippen LogP contribution in [0.5, 0.6) is 0 Å². The summed E-state index contributed by atoms with van der Waals surface area (Å²) in [4.78, 5) is 26.3. The largest absolute Gasteiger partial charge is 0.465 e. The van der Waals surface area contributed by atoms with Crippen molar-refractivity contribution in [2.75, 3.05) is 14.2 Å². The SMILES string of the molecule is COC(=O)c1ccc(C(=O)OC)c(C)n1. The summed E-state index contributed by atoms with van der Waals surface area (Å²) in [6.45, 7) is 1.62. The highest BCUT2D eigenvalue weighted by Gasteiger charge is 2.13. The van der Waals surface area contributed by atoms with Crippen molar-refractivity contribution in [3.8, 4) is 0 Å². The lowest BCUT2D eigenvalue weighted by molar-refractivity contribution is 0.0580. The summed E-state index contributed by atoms with van der Waals surface area (Å²) in [5.74, 6) is -1.01. The van der Waals surface area contributed by atoms with E-state index >= 15 is 0 Å². The minimum atomic E-state index is -0.533. The summed E-state index contributed by atoms with van der Waals surface area (Å²) in [5.41, 5.74) is 0.942. The van der Waals surface area contributed by atoms with Gasteiger partial charge in [-0.1, -0.05) is 0 Å². The first-order valence-electron chi connectivity index (χ1n) is 4.24. The minimum absolute atomic E-state index is 0.169. The van der Waals surface area contributed by atoms with Gasteiger partial charge in [0.15, 0.2) is 0 Å². The molecule has 1 rings (SSSR count). The first-order chi connectivity index (χ1) is 7.10. The normalized spacial score (nSPS) is 9.53. The summed E-state index contributed by atoms with van der Waals surface area (Å²) in [6, 6.07) is 2.91. The molecule has 5 nitrogen and oxygen atoms in total. The van der Waals surface area contributed by atoms with E-state index in [2.05, 4.69) is 14.5 Å². The van der Waals surface area contributed by atoms with Gasteiger partial charge >= 0.3 is 11.9 Å². The maximum Gasteiger partial charge on any atom is 0.356 e. The van der Waals surface area contributed by atoms with E-state index in [0.717, 1.165) is 0 Å². The summed E-state index contributed by atoms with van der Waals surface area (Å²) < 4.78 is 9.05. The molecule has 1 aromatic heterocycles. The van der Waals surface area contributed by atoms with Gasteiger partial charge in [-0.3, -0.25) is 0 Å². The molecule has 0 aliphatic carbocycles. The number of aromatic nitrogens is 1. The Morgan fingerprint density at radius 3 is 2.20 bits per heavy atom. The number of hydrogen-bond donors (Lipinski definition) is 0. The molecule has 0 aliphatic rings. The molecule has 0 fully saturated rings. The Labute approximate surface area is 87.0 Å². The van der Waals surface area contributed by atoms with Crippen LogP contribution in [0.25, 0.3) is 0 Å². The zero-order valence-electron chi connectivity index (χ0n) is 8.73. The van der Waals surface area contributed by atoms with Crippen molar-refractivity contribution in [3.05, 3.63) is 29.1 Å². The van der Waals surface area contributed by atoms with Gasteiger partial charge < -0.3 is 9.47 Å². The highest BCUT2D eigenvalue weighted by molar-refractivity contribution is 5.92. The molecule has 0 bridgehead atoms. The van der Waals surface area contributed by atoms with Crippen molar-refractivity contribution in [2.45, 2.75) is 6.92 Å². The number of methoxy groups -OCH3 is 2. The van der Waals surface area contributed by atoms with Crippen LogP contribution in [-0.4, -0.2) is 31.1 Å². The van der Waals surface area contributed by atoms with Crippen LogP contribution in [-0.2, 0) is 9.47 Å². The number of carbonyl (C=O) groups excluding carboxylic acids is 2. The molecule has 0 N–H and O–H groups in total. The van der Waals surface area contributed by atoms with Gasteiger partial charge in [-0.05, 0) is 19.1 Å². The molecular weight excluding hydrogens is 198 g/mol. The van der Waals surface area contributed by atoms with Crippen LogP contribution in [0.4, 0.5) is 0 Å². The molecule has 0 radical (unpaired) electrons. The van der Waals surface area contributed by atoms with Crippen molar-refractivity contribution in [1.82, 2.24) is 4.98 Å². The second-order valence-electron chi connectivity index (χ2n) is 2.81. The zero-order valence-corrected chi connectivity index (χ0v) is 8.73. The number of nitrogens with zero attached hydrogens (tertiary/aromatic N) is 1. The number of ether oxygens (including phenoxy) is 2. The summed E-state index contributed by atoms with van der Waals surface area (Å²) in [6.07, 6.45) is 0. The number of carbonyl (C=O) groups is 2. The van der Waals surface area contributed by atoms with Crippen molar-refractivity contribution in [3.63, 3.8) is 0 Å². The molecule has 15 heavy (non-hydrogen) atoms. The van der Waals surface area contributed by atoms with E-state index in [1.807, 2.05) is 0 Å². The van der Waals surface area contributed by atoms with Crippen LogP contribution in [0, 0.1) is 6.92 Å². The van der Waals surface area contributed by atoms with Crippen LogP contribution in [0.1, 0.15) is 26.5 Å². The van der Waals surface area contributed by atoms with Crippen LogP contribution in [0.3, 0.4) is 0 Å². The van der Waals surface area contributed by atoms with Gasteiger partial charge in [0.25, 0.3) is 0 Å². The van der Waals surface area contributed by atoms with Crippen LogP contribution in [0.2, 0.25) is 0 Å². The van der Waals surface area contributed by atoms with Gasteiger partial charge in [-0.25, -0.2) is 14.6 Å². The first-order valence-corrected chi connectivity index (χ1v) is 4.24. The fourth-order valence-electron chi connectivity index (χ4n) is 1.10. The molecule has 1 heterocycles. The number of esters is 2. The monoisotopic (exact) mass is 209 g/mol. The predicted octanol–water partition coefficient (Wildman–Crippen LogP) is 0.963. The van der Waals surface area contributed by atoms with Crippen molar-refractivity contribution >= 4 is 11.9 Å². The Morgan fingerprint density at radius 1 is 1.13 bits per heavy atom. The van der Waals surface area contributed by atoms with E-state index in [-0.39, 0.29) is 5.69 Å². The van der Waals surface area contributed by atoms with Crippen molar-refractivity contribution < 1.29 is 19.1 Å². The average Bonchev–Trinajstić information content (AvgIpc) is 2.26. The highest BCUT2D eigenvalue weighted by Crippen LogP contribution is 2.08. The van der Waals surface area contributed by atoms with E-state index < -0.39 is 11.9 Å². The van der Waals surface area contributed by atoms with E-state index in [0.29, 0.717) is 11.3 Å². The minimum Gasteiger partial charge on any atom is -0.465 e. The Morgan fingerprint density at radius 2 is 1.73 bits per heavy atom. The molecule has 0 amide bonds.